The normalized spacial score (nSPS) is 12.2. The Balaban J connectivity index is 3.00. The Kier molecular flexibility index (Phi) is 4.19. The summed E-state index contributed by atoms with van der Waals surface area (Å²) in [5.74, 6) is 0.645. The van der Waals surface area contributed by atoms with Crippen molar-refractivity contribution < 1.29 is 4.92 Å². The van der Waals surface area contributed by atoms with Crippen LogP contribution in [0.15, 0.2) is 0 Å². The van der Waals surface area contributed by atoms with Crippen molar-refractivity contribution in [3.05, 3.63) is 15.8 Å². The first-order valence-electron chi connectivity index (χ1n) is 5.48. The van der Waals surface area contributed by atoms with Crippen LogP contribution in [0.2, 0.25) is 0 Å². The van der Waals surface area contributed by atoms with Crippen LogP contribution in [-0.2, 0) is 0 Å². The fraction of sp³-hybridized carbons (Fsp3) is 0.600. The van der Waals surface area contributed by atoms with Gasteiger partial charge in [-0.1, -0.05) is 20.3 Å². The van der Waals surface area contributed by atoms with E-state index in [0.29, 0.717) is 12.5 Å². The van der Waals surface area contributed by atoms with Gasteiger partial charge in [0.05, 0.1) is 4.92 Å². The van der Waals surface area contributed by atoms with Crippen molar-refractivity contribution in [1.29, 1.82) is 0 Å². The Morgan fingerprint density at radius 2 is 2.18 bits per heavy atom. The lowest BCUT2D eigenvalue weighted by molar-refractivity contribution is -0.385. The Labute approximate surface area is 99.6 Å². The molecule has 3 N–H and O–H groups in total. The molecule has 0 saturated heterocycles. The van der Waals surface area contributed by atoms with Crippen LogP contribution in [0.3, 0.4) is 0 Å². The zero-order chi connectivity index (χ0) is 13.0. The van der Waals surface area contributed by atoms with Gasteiger partial charge in [0.1, 0.15) is 5.69 Å². The Hall–Kier alpha value is -1.92. The van der Waals surface area contributed by atoms with E-state index in [1.165, 1.54) is 0 Å². The minimum absolute atomic E-state index is 0.0414. The number of rotatable bonds is 5. The van der Waals surface area contributed by atoms with E-state index in [-0.39, 0.29) is 23.1 Å². The van der Waals surface area contributed by atoms with Gasteiger partial charge in [0.2, 0.25) is 11.8 Å². The second-order valence-electron chi connectivity index (χ2n) is 4.02. The highest BCUT2D eigenvalue weighted by Gasteiger charge is 2.21. The molecule has 0 aliphatic heterocycles. The monoisotopic (exact) mass is 239 g/mol. The zero-order valence-electron chi connectivity index (χ0n) is 10.2. The Bertz CT molecular complexity index is 421. The molecule has 0 aliphatic rings. The van der Waals surface area contributed by atoms with Gasteiger partial charge < -0.3 is 11.1 Å². The maximum Gasteiger partial charge on any atom is 0.332 e. The van der Waals surface area contributed by atoms with Crippen molar-refractivity contribution in [3.8, 4) is 0 Å². The number of nitrogens with one attached hydrogen (secondary N) is 1. The van der Waals surface area contributed by atoms with Crippen LogP contribution in [0.4, 0.5) is 17.5 Å². The third-order valence-corrected chi connectivity index (χ3v) is 2.57. The molecule has 0 saturated carbocycles. The Morgan fingerprint density at radius 3 is 2.71 bits per heavy atom. The lowest BCUT2D eigenvalue weighted by atomic mass is 10.1. The third-order valence-electron chi connectivity index (χ3n) is 2.57. The molecule has 0 amide bonds. The van der Waals surface area contributed by atoms with E-state index in [4.69, 9.17) is 5.73 Å². The average molecular weight is 239 g/mol. The van der Waals surface area contributed by atoms with E-state index < -0.39 is 4.92 Å². The van der Waals surface area contributed by atoms with Gasteiger partial charge in [-0.15, -0.1) is 0 Å². The van der Waals surface area contributed by atoms with Gasteiger partial charge in [-0.25, -0.2) is 4.98 Å². The fourth-order valence-electron chi connectivity index (χ4n) is 1.35. The summed E-state index contributed by atoms with van der Waals surface area (Å²) in [7, 11) is 0. The molecular weight excluding hydrogens is 222 g/mol. The first-order chi connectivity index (χ1) is 7.95. The van der Waals surface area contributed by atoms with Gasteiger partial charge >= 0.3 is 5.69 Å². The molecule has 0 aromatic carbocycles. The largest absolute Gasteiger partial charge is 0.368 e. The molecule has 1 unspecified atom stereocenters. The smallest absolute Gasteiger partial charge is 0.332 e. The van der Waals surface area contributed by atoms with Crippen molar-refractivity contribution in [2.75, 3.05) is 17.6 Å². The number of hydrogen-bond donors (Lipinski definition) is 2. The van der Waals surface area contributed by atoms with E-state index in [2.05, 4.69) is 29.1 Å². The second-order valence-corrected chi connectivity index (χ2v) is 4.02. The summed E-state index contributed by atoms with van der Waals surface area (Å²) in [6.07, 6.45) is 0.986. The number of nitrogens with two attached hydrogens (primary N) is 1. The first-order valence-corrected chi connectivity index (χ1v) is 5.48. The van der Waals surface area contributed by atoms with Crippen LogP contribution in [0.1, 0.15) is 26.0 Å². The van der Waals surface area contributed by atoms with E-state index in [1.54, 1.807) is 6.92 Å². The van der Waals surface area contributed by atoms with Crippen LogP contribution in [0, 0.1) is 23.0 Å². The topological polar surface area (TPSA) is 107 Å². The molecule has 7 nitrogen and oxygen atoms in total. The number of nitro groups is 1. The predicted octanol–water partition coefficient (Wildman–Crippen LogP) is 1.73. The molecule has 0 bridgehead atoms. The molecule has 1 aromatic heterocycles. The zero-order valence-corrected chi connectivity index (χ0v) is 10.2. The minimum Gasteiger partial charge on any atom is -0.368 e. The van der Waals surface area contributed by atoms with Gasteiger partial charge in [0.25, 0.3) is 0 Å². The fourth-order valence-corrected chi connectivity index (χ4v) is 1.35. The molecule has 1 rings (SSSR count). The summed E-state index contributed by atoms with van der Waals surface area (Å²) in [5.41, 5.74) is 5.65. The highest BCUT2D eigenvalue weighted by atomic mass is 16.6. The maximum absolute atomic E-state index is 10.9. The molecule has 7 heteroatoms. The number of aryl methyl sites for hydroxylation is 1. The van der Waals surface area contributed by atoms with E-state index in [0.717, 1.165) is 6.42 Å². The van der Waals surface area contributed by atoms with Crippen LogP contribution in [0.25, 0.3) is 0 Å². The number of anilines is 2. The molecule has 1 atom stereocenters. The van der Waals surface area contributed by atoms with Crippen molar-refractivity contribution in [2.24, 2.45) is 5.92 Å². The highest BCUT2D eigenvalue weighted by molar-refractivity contribution is 5.60. The molecular formula is C10H17N5O2. The number of nitrogens with zero attached hydrogens (tertiary/aromatic N) is 3. The number of hydrogen-bond acceptors (Lipinski definition) is 6. The van der Waals surface area contributed by atoms with Gasteiger partial charge in [0.15, 0.2) is 0 Å². The molecule has 1 heterocycles. The predicted molar refractivity (Wildman–Crippen MR) is 65.8 cm³/mol. The summed E-state index contributed by atoms with van der Waals surface area (Å²) >= 11 is 0. The van der Waals surface area contributed by atoms with Crippen LogP contribution < -0.4 is 11.1 Å². The van der Waals surface area contributed by atoms with E-state index >= 15 is 0 Å². The minimum atomic E-state index is -0.492. The molecule has 0 spiro atoms. The summed E-state index contributed by atoms with van der Waals surface area (Å²) in [6, 6.07) is 0. The average Bonchev–Trinajstić information content (AvgIpc) is 2.24. The lowest BCUT2D eigenvalue weighted by Crippen LogP contribution is -2.14. The third kappa shape index (κ3) is 3.27. The summed E-state index contributed by atoms with van der Waals surface area (Å²) in [4.78, 5) is 18.1. The summed E-state index contributed by atoms with van der Waals surface area (Å²) in [5, 5.41) is 13.9. The van der Waals surface area contributed by atoms with Crippen LogP contribution >= 0.6 is 0 Å². The molecule has 1 aromatic rings. The van der Waals surface area contributed by atoms with Crippen LogP contribution in [0.5, 0.6) is 0 Å². The van der Waals surface area contributed by atoms with Crippen molar-refractivity contribution in [1.82, 2.24) is 9.97 Å². The molecule has 0 radical (unpaired) electrons. The van der Waals surface area contributed by atoms with Crippen molar-refractivity contribution in [2.45, 2.75) is 27.2 Å². The Morgan fingerprint density at radius 1 is 1.53 bits per heavy atom. The SMILES string of the molecule is CCC(C)CNc1nc(N)nc(C)c1[N+](=O)[O-]. The highest BCUT2D eigenvalue weighted by Crippen LogP contribution is 2.25. The van der Waals surface area contributed by atoms with Crippen molar-refractivity contribution >= 4 is 17.5 Å². The van der Waals surface area contributed by atoms with Crippen LogP contribution in [-0.4, -0.2) is 21.4 Å². The summed E-state index contributed by atoms with van der Waals surface area (Å²) in [6.45, 7) is 6.27. The van der Waals surface area contributed by atoms with Gasteiger partial charge in [-0.3, -0.25) is 10.1 Å². The van der Waals surface area contributed by atoms with E-state index in [1.807, 2.05) is 0 Å². The standard InChI is InChI=1S/C10H17N5O2/c1-4-6(2)5-12-9-8(15(16)17)7(3)13-10(11)14-9/h6H,4-5H2,1-3H3,(H3,11,12,13,14). The lowest BCUT2D eigenvalue weighted by Gasteiger charge is -2.11. The van der Waals surface area contributed by atoms with Crippen molar-refractivity contribution in [3.63, 3.8) is 0 Å². The molecule has 94 valence electrons. The number of aromatic nitrogens is 2. The quantitative estimate of drug-likeness (QED) is 0.598. The second kappa shape index (κ2) is 5.42. The molecule has 0 fully saturated rings. The van der Waals surface area contributed by atoms with Gasteiger partial charge in [-0.05, 0) is 12.8 Å². The summed E-state index contributed by atoms with van der Waals surface area (Å²) < 4.78 is 0. The van der Waals surface area contributed by atoms with Gasteiger partial charge in [-0.2, -0.15) is 4.98 Å². The number of nitrogen functional groups attached to an aromatic ring is 1. The molecule has 0 aliphatic carbocycles. The van der Waals surface area contributed by atoms with Gasteiger partial charge in [0, 0.05) is 6.54 Å². The van der Waals surface area contributed by atoms with E-state index in [9.17, 15) is 10.1 Å². The first kappa shape index (κ1) is 13.1. The molecule has 17 heavy (non-hydrogen) atoms. The maximum atomic E-state index is 10.9.